The lowest BCUT2D eigenvalue weighted by Gasteiger charge is -2.13. The third-order valence-electron chi connectivity index (χ3n) is 4.71. The second kappa shape index (κ2) is 8.17. The monoisotopic (exact) mass is 380 g/mol. The van der Waals surface area contributed by atoms with Crippen LogP contribution < -0.4 is 10.2 Å². The van der Waals surface area contributed by atoms with Gasteiger partial charge < -0.3 is 19.4 Å². The van der Waals surface area contributed by atoms with Gasteiger partial charge in [0.1, 0.15) is 5.58 Å². The summed E-state index contributed by atoms with van der Waals surface area (Å²) in [5.74, 6) is -0.853. The molecule has 1 N–H and O–H groups in total. The molecule has 6 nitrogen and oxygen atoms in total. The van der Waals surface area contributed by atoms with Crippen LogP contribution in [0, 0.1) is 13.8 Å². The first-order chi connectivity index (χ1) is 13.3. The summed E-state index contributed by atoms with van der Waals surface area (Å²) in [6.07, 6.45) is 1.63. The Balaban J connectivity index is 1.54. The quantitative estimate of drug-likeness (QED) is 0.658. The van der Waals surface area contributed by atoms with Gasteiger partial charge in [0.25, 0.3) is 5.91 Å². The molecule has 146 valence electrons. The molecule has 0 atom stereocenters. The average molecular weight is 380 g/mol. The van der Waals surface area contributed by atoms with E-state index < -0.39 is 5.97 Å². The first kappa shape index (κ1) is 19.5. The van der Waals surface area contributed by atoms with Crippen LogP contribution in [0.1, 0.15) is 16.7 Å². The molecule has 6 heteroatoms. The molecule has 0 unspecified atom stereocenters. The Morgan fingerprint density at radius 1 is 1.07 bits per heavy atom. The summed E-state index contributed by atoms with van der Waals surface area (Å²) in [6.45, 7) is 3.67. The number of aryl methyl sites for hydroxylation is 2. The standard InChI is InChI=1S/C22H24N2O4/c1-14-5-10-19-16(12-28-22(19)15(14)2)11-21(26)27-13-20(25)23-17-6-8-18(9-7-17)24(3)4/h5-10,12H,11,13H2,1-4H3,(H,23,25). The number of hydrogen-bond acceptors (Lipinski definition) is 5. The number of anilines is 2. The molecule has 0 fully saturated rings. The van der Waals surface area contributed by atoms with E-state index in [4.69, 9.17) is 9.15 Å². The van der Waals surface area contributed by atoms with Crippen LogP contribution in [0.2, 0.25) is 0 Å². The first-order valence-corrected chi connectivity index (χ1v) is 9.04. The molecular formula is C22H24N2O4. The van der Waals surface area contributed by atoms with E-state index in [1.54, 1.807) is 18.4 Å². The van der Waals surface area contributed by atoms with Crippen LogP contribution >= 0.6 is 0 Å². The Morgan fingerprint density at radius 2 is 1.79 bits per heavy atom. The third kappa shape index (κ3) is 4.34. The predicted molar refractivity (Wildman–Crippen MR) is 110 cm³/mol. The van der Waals surface area contributed by atoms with Crippen molar-refractivity contribution in [2.75, 3.05) is 30.9 Å². The molecule has 0 aliphatic carbocycles. The topological polar surface area (TPSA) is 71.8 Å². The SMILES string of the molecule is Cc1ccc2c(CC(=O)OCC(=O)Nc3ccc(N(C)C)cc3)coc2c1C. The summed E-state index contributed by atoms with van der Waals surface area (Å²) in [6, 6.07) is 11.3. The van der Waals surface area contributed by atoms with Gasteiger partial charge in [0.05, 0.1) is 12.7 Å². The van der Waals surface area contributed by atoms with Crippen molar-refractivity contribution in [3.8, 4) is 0 Å². The van der Waals surface area contributed by atoms with E-state index in [9.17, 15) is 9.59 Å². The summed E-state index contributed by atoms with van der Waals surface area (Å²) in [5, 5.41) is 3.61. The lowest BCUT2D eigenvalue weighted by Crippen LogP contribution is -2.21. The number of nitrogens with zero attached hydrogens (tertiary/aromatic N) is 1. The minimum absolute atomic E-state index is 0.0559. The molecule has 0 saturated carbocycles. The number of rotatable bonds is 6. The maximum absolute atomic E-state index is 12.1. The molecule has 28 heavy (non-hydrogen) atoms. The van der Waals surface area contributed by atoms with Crippen LogP contribution in [0.25, 0.3) is 11.0 Å². The second-order valence-electron chi connectivity index (χ2n) is 6.97. The van der Waals surface area contributed by atoms with Crippen LogP contribution in [-0.2, 0) is 20.7 Å². The number of carbonyl (C=O) groups excluding carboxylic acids is 2. The molecule has 0 saturated heterocycles. The second-order valence-corrected chi connectivity index (χ2v) is 6.97. The lowest BCUT2D eigenvalue weighted by molar-refractivity contribution is -0.146. The Morgan fingerprint density at radius 3 is 2.46 bits per heavy atom. The van der Waals surface area contributed by atoms with Crippen molar-refractivity contribution in [3.63, 3.8) is 0 Å². The summed E-state index contributed by atoms with van der Waals surface area (Å²) in [5.41, 5.74) is 5.40. The van der Waals surface area contributed by atoms with Crippen LogP contribution in [0.4, 0.5) is 11.4 Å². The predicted octanol–water partition coefficient (Wildman–Crippen LogP) is 3.84. The molecule has 3 aromatic rings. The van der Waals surface area contributed by atoms with Gasteiger partial charge in [-0.25, -0.2) is 0 Å². The maximum Gasteiger partial charge on any atom is 0.310 e. The lowest BCUT2D eigenvalue weighted by atomic mass is 10.0. The van der Waals surface area contributed by atoms with E-state index in [1.165, 1.54) is 0 Å². The largest absolute Gasteiger partial charge is 0.464 e. The van der Waals surface area contributed by atoms with Crippen LogP contribution in [0.3, 0.4) is 0 Å². The zero-order valence-electron chi connectivity index (χ0n) is 16.5. The molecule has 0 radical (unpaired) electrons. The number of fused-ring (bicyclic) bond motifs is 1. The molecule has 0 aliphatic heterocycles. The van der Waals surface area contributed by atoms with E-state index in [2.05, 4.69) is 5.32 Å². The van der Waals surface area contributed by atoms with Gasteiger partial charge in [-0.05, 0) is 49.2 Å². The normalized spacial score (nSPS) is 10.7. The number of furan rings is 1. The number of ether oxygens (including phenoxy) is 1. The maximum atomic E-state index is 12.1. The summed E-state index contributed by atoms with van der Waals surface area (Å²) >= 11 is 0. The molecular weight excluding hydrogens is 356 g/mol. The van der Waals surface area contributed by atoms with E-state index in [1.807, 2.05) is 57.1 Å². The number of nitrogens with one attached hydrogen (secondary N) is 1. The van der Waals surface area contributed by atoms with Crippen LogP contribution in [0.15, 0.2) is 47.1 Å². The van der Waals surface area contributed by atoms with Gasteiger partial charge in [0.2, 0.25) is 0 Å². The number of carbonyl (C=O) groups is 2. The highest BCUT2D eigenvalue weighted by molar-refractivity contribution is 5.93. The smallest absolute Gasteiger partial charge is 0.310 e. The fourth-order valence-corrected chi connectivity index (χ4v) is 2.92. The van der Waals surface area contributed by atoms with Gasteiger partial charge in [-0.1, -0.05) is 12.1 Å². The zero-order valence-corrected chi connectivity index (χ0v) is 16.5. The zero-order chi connectivity index (χ0) is 20.3. The molecule has 1 amide bonds. The van der Waals surface area contributed by atoms with Crippen molar-refractivity contribution in [2.45, 2.75) is 20.3 Å². The molecule has 1 aromatic heterocycles. The van der Waals surface area contributed by atoms with Gasteiger partial charge in [-0.3, -0.25) is 9.59 Å². The number of benzene rings is 2. The van der Waals surface area contributed by atoms with E-state index in [0.29, 0.717) is 5.69 Å². The molecule has 3 rings (SSSR count). The van der Waals surface area contributed by atoms with Crippen molar-refractivity contribution in [3.05, 3.63) is 59.4 Å². The Kier molecular flexibility index (Phi) is 5.68. The Labute approximate surface area is 164 Å². The Bertz CT molecular complexity index is 1000. The first-order valence-electron chi connectivity index (χ1n) is 9.04. The highest BCUT2D eigenvalue weighted by Crippen LogP contribution is 2.26. The molecule has 2 aromatic carbocycles. The summed E-state index contributed by atoms with van der Waals surface area (Å²) in [7, 11) is 3.89. The third-order valence-corrected chi connectivity index (χ3v) is 4.71. The van der Waals surface area contributed by atoms with Gasteiger partial charge in [0, 0.05) is 36.4 Å². The van der Waals surface area contributed by atoms with E-state index in [-0.39, 0.29) is 18.9 Å². The average Bonchev–Trinajstić information content (AvgIpc) is 3.07. The molecule has 0 spiro atoms. The van der Waals surface area contributed by atoms with E-state index in [0.717, 1.165) is 33.3 Å². The minimum atomic E-state index is -0.473. The van der Waals surface area contributed by atoms with Gasteiger partial charge >= 0.3 is 5.97 Å². The van der Waals surface area contributed by atoms with Crippen LogP contribution in [0.5, 0.6) is 0 Å². The van der Waals surface area contributed by atoms with Crippen LogP contribution in [-0.4, -0.2) is 32.6 Å². The van der Waals surface area contributed by atoms with Gasteiger partial charge in [0.15, 0.2) is 6.61 Å². The van der Waals surface area contributed by atoms with Crippen molar-refractivity contribution in [1.29, 1.82) is 0 Å². The van der Waals surface area contributed by atoms with Crippen molar-refractivity contribution in [2.24, 2.45) is 0 Å². The van der Waals surface area contributed by atoms with E-state index >= 15 is 0 Å². The molecule has 1 heterocycles. The number of hydrogen-bond donors (Lipinski definition) is 1. The van der Waals surface area contributed by atoms with Crippen molar-refractivity contribution >= 4 is 34.2 Å². The van der Waals surface area contributed by atoms with Gasteiger partial charge in [-0.2, -0.15) is 0 Å². The number of esters is 1. The summed E-state index contributed by atoms with van der Waals surface area (Å²) < 4.78 is 10.7. The Hall–Kier alpha value is -3.28. The molecule has 0 aliphatic rings. The fourth-order valence-electron chi connectivity index (χ4n) is 2.92. The van der Waals surface area contributed by atoms with Gasteiger partial charge in [-0.15, -0.1) is 0 Å². The fraction of sp³-hybridized carbons (Fsp3) is 0.273. The highest BCUT2D eigenvalue weighted by Gasteiger charge is 2.15. The summed E-state index contributed by atoms with van der Waals surface area (Å²) in [4.78, 5) is 26.1. The molecule has 0 bridgehead atoms. The highest BCUT2D eigenvalue weighted by atomic mass is 16.5. The minimum Gasteiger partial charge on any atom is -0.464 e. The van der Waals surface area contributed by atoms with Crippen molar-refractivity contribution in [1.82, 2.24) is 0 Å². The number of amides is 1. The van der Waals surface area contributed by atoms with Crippen molar-refractivity contribution < 1.29 is 18.7 Å².